The van der Waals surface area contributed by atoms with Crippen LogP contribution in [-0.2, 0) is 9.53 Å². The standard InChI is InChI=1S/C28H20BrN3O8S/c1-3-37-27(34)24-14(2)30-28-31(25(24)20-8-7-19(40-20)15-5-4-6-17(9-15)32(35)36)26(33)23(41-28)11-16-10-21-22(12-18(16)29)39-13-38-21/h4-12,25H,3,13H2,1-2H3/b23-11-/t25-/m1/s1. The lowest BCUT2D eigenvalue weighted by atomic mass is 10.0. The van der Waals surface area contributed by atoms with Gasteiger partial charge in [-0.05, 0) is 49.8 Å². The molecule has 2 aromatic carbocycles. The average molecular weight is 638 g/mol. The zero-order valence-corrected chi connectivity index (χ0v) is 24.0. The molecule has 13 heteroatoms. The molecule has 2 aliphatic rings. The fourth-order valence-corrected chi connectivity index (χ4v) is 6.15. The molecular formula is C28H20BrN3O8S. The molecule has 0 unspecified atom stereocenters. The Bertz CT molecular complexity index is 1950. The van der Waals surface area contributed by atoms with Gasteiger partial charge in [0.15, 0.2) is 16.3 Å². The summed E-state index contributed by atoms with van der Waals surface area (Å²) in [6.07, 6.45) is 1.72. The Labute approximate surface area is 243 Å². The van der Waals surface area contributed by atoms with Crippen LogP contribution in [0.5, 0.6) is 11.5 Å². The molecule has 208 valence electrons. The number of esters is 1. The number of furan rings is 1. The van der Waals surface area contributed by atoms with E-state index in [-0.39, 0.29) is 36.0 Å². The fraction of sp³-hybridized carbons (Fsp3) is 0.179. The van der Waals surface area contributed by atoms with Crippen LogP contribution in [0.3, 0.4) is 0 Å². The maximum atomic E-state index is 13.9. The first-order valence-corrected chi connectivity index (χ1v) is 14.0. The minimum absolute atomic E-state index is 0.0916. The largest absolute Gasteiger partial charge is 0.463 e. The topological polar surface area (TPSA) is 135 Å². The number of hydrogen-bond acceptors (Lipinski definition) is 10. The molecule has 0 fully saturated rings. The van der Waals surface area contributed by atoms with Gasteiger partial charge in [0.25, 0.3) is 11.2 Å². The van der Waals surface area contributed by atoms with E-state index in [1.165, 1.54) is 28.0 Å². The van der Waals surface area contributed by atoms with Crippen molar-refractivity contribution in [2.75, 3.05) is 13.4 Å². The number of hydrogen-bond donors (Lipinski definition) is 0. The third-order valence-corrected chi connectivity index (χ3v) is 8.20. The minimum atomic E-state index is -0.972. The van der Waals surface area contributed by atoms with E-state index >= 15 is 0 Å². The molecule has 0 aliphatic carbocycles. The van der Waals surface area contributed by atoms with Crippen molar-refractivity contribution >= 4 is 45.0 Å². The van der Waals surface area contributed by atoms with Gasteiger partial charge >= 0.3 is 5.97 Å². The maximum absolute atomic E-state index is 13.9. The number of nitro benzene ring substituents is 1. The number of thiazole rings is 1. The Hall–Kier alpha value is -4.49. The molecule has 2 aromatic heterocycles. The summed E-state index contributed by atoms with van der Waals surface area (Å²) in [6.45, 7) is 3.61. The summed E-state index contributed by atoms with van der Waals surface area (Å²) in [5, 5.41) is 11.3. The normalized spacial score (nSPS) is 16.0. The Morgan fingerprint density at radius 2 is 2.02 bits per heavy atom. The quantitative estimate of drug-likeness (QED) is 0.172. The van der Waals surface area contributed by atoms with Gasteiger partial charge in [-0.15, -0.1) is 0 Å². The lowest BCUT2D eigenvalue weighted by molar-refractivity contribution is -0.384. The summed E-state index contributed by atoms with van der Waals surface area (Å²) < 4.78 is 24.9. The highest BCUT2D eigenvalue weighted by atomic mass is 79.9. The maximum Gasteiger partial charge on any atom is 0.338 e. The van der Waals surface area contributed by atoms with Gasteiger partial charge in [0.2, 0.25) is 6.79 Å². The molecular weight excluding hydrogens is 618 g/mol. The number of fused-ring (bicyclic) bond motifs is 2. The number of aromatic nitrogens is 1. The van der Waals surface area contributed by atoms with Gasteiger partial charge in [-0.25, -0.2) is 9.79 Å². The van der Waals surface area contributed by atoms with Gasteiger partial charge in [0.05, 0.1) is 27.3 Å². The van der Waals surface area contributed by atoms with Gasteiger partial charge in [0.1, 0.15) is 17.6 Å². The number of benzene rings is 2. The first-order chi connectivity index (χ1) is 19.7. The van der Waals surface area contributed by atoms with Gasteiger partial charge in [-0.2, -0.15) is 0 Å². The molecule has 0 N–H and O–H groups in total. The molecule has 1 atom stereocenters. The van der Waals surface area contributed by atoms with Gasteiger partial charge in [-0.3, -0.25) is 19.5 Å². The Morgan fingerprint density at radius 3 is 2.78 bits per heavy atom. The van der Waals surface area contributed by atoms with Crippen molar-refractivity contribution in [1.29, 1.82) is 0 Å². The van der Waals surface area contributed by atoms with E-state index in [1.807, 2.05) is 0 Å². The number of rotatable bonds is 6. The van der Waals surface area contributed by atoms with E-state index in [0.717, 1.165) is 0 Å². The third-order valence-electron chi connectivity index (χ3n) is 6.53. The van der Waals surface area contributed by atoms with Crippen LogP contribution in [0.15, 0.2) is 78.5 Å². The summed E-state index contributed by atoms with van der Waals surface area (Å²) in [5.41, 5.74) is 1.25. The molecule has 2 aliphatic heterocycles. The molecule has 0 spiro atoms. The molecule has 0 radical (unpaired) electrons. The van der Waals surface area contributed by atoms with Crippen LogP contribution < -0.4 is 24.4 Å². The van der Waals surface area contributed by atoms with Crippen molar-refractivity contribution in [1.82, 2.24) is 4.57 Å². The van der Waals surface area contributed by atoms with Crippen LogP contribution in [0.25, 0.3) is 17.4 Å². The predicted octanol–water partition coefficient (Wildman–Crippen LogP) is 4.46. The van der Waals surface area contributed by atoms with Crippen molar-refractivity contribution in [3.63, 3.8) is 0 Å². The first kappa shape index (κ1) is 26.7. The summed E-state index contributed by atoms with van der Waals surface area (Å²) in [4.78, 5) is 42.8. The summed E-state index contributed by atoms with van der Waals surface area (Å²) in [5.74, 6) is 1.16. The smallest absolute Gasteiger partial charge is 0.338 e. The second-order valence-corrected chi connectivity index (χ2v) is 10.9. The molecule has 0 saturated heterocycles. The van der Waals surface area contributed by atoms with Crippen LogP contribution in [-0.4, -0.2) is 28.9 Å². The number of nitrogens with zero attached hydrogens (tertiary/aromatic N) is 3. The molecule has 11 nitrogen and oxygen atoms in total. The van der Waals surface area contributed by atoms with E-state index in [9.17, 15) is 19.7 Å². The van der Waals surface area contributed by atoms with Crippen molar-refractivity contribution in [3.8, 4) is 22.8 Å². The van der Waals surface area contributed by atoms with Crippen LogP contribution in [0.1, 0.15) is 31.2 Å². The molecule has 0 bridgehead atoms. The molecule has 0 amide bonds. The second kappa shape index (κ2) is 10.5. The van der Waals surface area contributed by atoms with E-state index < -0.39 is 16.9 Å². The minimum Gasteiger partial charge on any atom is -0.463 e. The van der Waals surface area contributed by atoms with E-state index in [0.29, 0.717) is 47.9 Å². The van der Waals surface area contributed by atoms with E-state index in [4.69, 9.17) is 18.6 Å². The molecule has 6 rings (SSSR count). The van der Waals surface area contributed by atoms with Crippen molar-refractivity contribution in [2.24, 2.45) is 4.99 Å². The van der Waals surface area contributed by atoms with Gasteiger partial charge < -0.3 is 18.6 Å². The number of carbonyl (C=O) groups is 1. The van der Waals surface area contributed by atoms with Crippen LogP contribution in [0, 0.1) is 10.1 Å². The van der Waals surface area contributed by atoms with Gasteiger partial charge in [0, 0.05) is 22.2 Å². The monoisotopic (exact) mass is 637 g/mol. The Morgan fingerprint density at radius 1 is 1.24 bits per heavy atom. The lowest BCUT2D eigenvalue weighted by Gasteiger charge is -2.22. The summed E-state index contributed by atoms with van der Waals surface area (Å²) in [7, 11) is 0. The zero-order chi connectivity index (χ0) is 28.8. The molecule has 0 saturated carbocycles. The van der Waals surface area contributed by atoms with Crippen LogP contribution in [0.4, 0.5) is 5.69 Å². The van der Waals surface area contributed by atoms with Crippen molar-refractivity contribution in [2.45, 2.75) is 19.9 Å². The average Bonchev–Trinajstić information content (AvgIpc) is 3.68. The number of nitro groups is 1. The van der Waals surface area contributed by atoms with Crippen molar-refractivity contribution < 1.29 is 28.3 Å². The van der Waals surface area contributed by atoms with Crippen LogP contribution >= 0.6 is 27.3 Å². The van der Waals surface area contributed by atoms with E-state index in [1.54, 1.807) is 56.3 Å². The number of halogens is 1. The first-order valence-electron chi connectivity index (χ1n) is 12.4. The molecule has 4 aromatic rings. The van der Waals surface area contributed by atoms with E-state index in [2.05, 4.69) is 20.9 Å². The number of non-ortho nitro benzene ring substituents is 1. The van der Waals surface area contributed by atoms with Crippen LogP contribution in [0.2, 0.25) is 0 Å². The summed E-state index contributed by atoms with van der Waals surface area (Å²) >= 11 is 4.69. The van der Waals surface area contributed by atoms with Crippen molar-refractivity contribution in [3.05, 3.63) is 105 Å². The Kier molecular flexibility index (Phi) is 6.83. The highest BCUT2D eigenvalue weighted by Gasteiger charge is 2.35. The SMILES string of the molecule is CCOC(=O)C1=C(C)N=c2s/c(=C\c3cc4c(cc3Br)OCO4)c(=O)n2[C@@H]1c1ccc(-c2cccc([N+](=O)[O-])c2)o1. The molecule has 4 heterocycles. The lowest BCUT2D eigenvalue weighted by Crippen LogP contribution is -2.39. The van der Waals surface area contributed by atoms with Gasteiger partial charge in [-0.1, -0.05) is 39.4 Å². The highest BCUT2D eigenvalue weighted by molar-refractivity contribution is 9.10. The third kappa shape index (κ3) is 4.76. The number of ether oxygens (including phenoxy) is 3. The highest BCUT2D eigenvalue weighted by Crippen LogP contribution is 2.38. The zero-order valence-electron chi connectivity index (χ0n) is 21.6. The second-order valence-electron chi connectivity index (χ2n) is 9.04. The molecule has 41 heavy (non-hydrogen) atoms. The number of allylic oxidation sites excluding steroid dienone is 1. The predicted molar refractivity (Wildman–Crippen MR) is 151 cm³/mol. The number of carbonyl (C=O) groups excluding carboxylic acids is 1. The summed E-state index contributed by atoms with van der Waals surface area (Å²) in [6, 6.07) is 11.9. The fourth-order valence-electron chi connectivity index (χ4n) is 4.67. The Balaban J connectivity index is 1.51.